The van der Waals surface area contributed by atoms with Crippen LogP contribution in [0.2, 0.25) is 0 Å². The van der Waals surface area contributed by atoms with E-state index < -0.39 is 0 Å². The summed E-state index contributed by atoms with van der Waals surface area (Å²) in [5, 5.41) is 4.26. The van der Waals surface area contributed by atoms with E-state index in [0.717, 1.165) is 42.1 Å². The molecule has 1 amide bonds. The van der Waals surface area contributed by atoms with Gasteiger partial charge in [-0.1, -0.05) is 66.4 Å². The molecule has 6 rings (SSSR count). The molecule has 36 heavy (non-hydrogen) atoms. The molecular weight excluding hydrogens is 468 g/mol. The highest BCUT2D eigenvalue weighted by Crippen LogP contribution is 2.38. The first-order valence-corrected chi connectivity index (χ1v) is 13.4. The number of rotatable bonds is 8. The van der Waals surface area contributed by atoms with Crippen LogP contribution in [0.4, 0.5) is 0 Å². The Morgan fingerprint density at radius 2 is 1.94 bits per heavy atom. The Morgan fingerprint density at radius 1 is 1.11 bits per heavy atom. The van der Waals surface area contributed by atoms with Crippen molar-refractivity contribution in [3.8, 4) is 11.1 Å². The Hall–Kier alpha value is -3.13. The maximum absolute atomic E-state index is 13.2. The molecule has 0 spiro atoms. The summed E-state index contributed by atoms with van der Waals surface area (Å²) in [4.78, 5) is 23.7. The average Bonchev–Trinajstić information content (AvgIpc) is 3.58. The third-order valence-corrected chi connectivity index (χ3v) is 8.25. The van der Waals surface area contributed by atoms with Gasteiger partial charge in [0.2, 0.25) is 5.91 Å². The lowest BCUT2D eigenvalue weighted by molar-refractivity contribution is -0.125. The van der Waals surface area contributed by atoms with Crippen LogP contribution in [-0.2, 0) is 22.5 Å². The van der Waals surface area contributed by atoms with Gasteiger partial charge in [0.15, 0.2) is 5.16 Å². The molecule has 7 heteroatoms. The van der Waals surface area contributed by atoms with Gasteiger partial charge >= 0.3 is 0 Å². The van der Waals surface area contributed by atoms with Crippen LogP contribution in [-0.4, -0.2) is 58.9 Å². The number of thioether (sulfide) groups is 1. The van der Waals surface area contributed by atoms with E-state index in [-0.39, 0.29) is 17.2 Å². The van der Waals surface area contributed by atoms with Gasteiger partial charge < -0.3 is 15.0 Å². The quantitative estimate of drug-likeness (QED) is 0.305. The van der Waals surface area contributed by atoms with Crippen LogP contribution in [0.1, 0.15) is 23.1 Å². The smallest absolute Gasteiger partial charge is 0.237 e. The number of likely N-dealkylation sites (tertiary alicyclic amines) is 1. The summed E-state index contributed by atoms with van der Waals surface area (Å²) in [6.07, 6.45) is 1.77. The van der Waals surface area contributed by atoms with Crippen molar-refractivity contribution >= 4 is 28.7 Å². The number of methoxy groups -OCH3 is 1. The monoisotopic (exact) mass is 498 g/mol. The molecule has 6 nitrogen and oxygen atoms in total. The number of aromatic amines is 1. The zero-order chi connectivity index (χ0) is 24.5. The lowest BCUT2D eigenvalue weighted by atomic mass is 10.0. The van der Waals surface area contributed by atoms with Crippen molar-refractivity contribution in [2.45, 2.75) is 35.8 Å². The minimum Gasteiger partial charge on any atom is -0.383 e. The minimum atomic E-state index is -0.172. The van der Waals surface area contributed by atoms with Crippen molar-refractivity contribution in [1.29, 1.82) is 0 Å². The molecule has 2 heterocycles. The predicted octanol–water partition coefficient (Wildman–Crippen LogP) is 4.63. The van der Waals surface area contributed by atoms with Crippen LogP contribution >= 0.6 is 11.8 Å². The van der Waals surface area contributed by atoms with Crippen LogP contribution < -0.4 is 5.32 Å². The lowest BCUT2D eigenvalue weighted by Crippen LogP contribution is -2.43. The number of carbonyl (C=O) groups excluding carboxylic acids is 1. The molecule has 0 saturated carbocycles. The summed E-state index contributed by atoms with van der Waals surface area (Å²) in [5.41, 5.74) is 8.72. The van der Waals surface area contributed by atoms with Crippen LogP contribution in [0.3, 0.4) is 0 Å². The van der Waals surface area contributed by atoms with Gasteiger partial charge in [0, 0.05) is 32.0 Å². The first-order chi connectivity index (χ1) is 17.7. The summed E-state index contributed by atoms with van der Waals surface area (Å²) < 4.78 is 5.13. The molecule has 2 unspecified atom stereocenters. The fraction of sp³-hybridized carbons (Fsp3) is 0.310. The summed E-state index contributed by atoms with van der Waals surface area (Å²) in [5.74, 6) is 0.0771. The molecule has 0 radical (unpaired) electrons. The third kappa shape index (κ3) is 4.66. The Morgan fingerprint density at radius 3 is 2.83 bits per heavy atom. The minimum absolute atomic E-state index is 0.0771. The molecule has 2 aliphatic rings. The second-order valence-corrected chi connectivity index (χ2v) is 10.9. The largest absolute Gasteiger partial charge is 0.383 e. The fourth-order valence-corrected chi connectivity index (χ4v) is 6.64. The number of amides is 1. The molecule has 0 bridgehead atoms. The highest BCUT2D eigenvalue weighted by Gasteiger charge is 2.37. The topological polar surface area (TPSA) is 70.2 Å². The number of hydrogen-bond acceptors (Lipinski definition) is 5. The highest BCUT2D eigenvalue weighted by atomic mass is 32.2. The number of fused-ring (bicyclic) bond motifs is 4. The number of ether oxygens (including phenoxy) is 1. The van der Waals surface area contributed by atoms with E-state index in [9.17, 15) is 4.79 Å². The standard InChI is InChI=1S/C29H30N4O2S/c1-35-13-12-30-28(34)27-16-22(36-29-31-25-8-4-5-9-26(25)32-29)18-33(27)17-19-10-11-24-21(14-19)15-20-6-2-3-7-23(20)24/h2-11,14,22,27H,12-13,15-18H2,1H3,(H,30,34)(H,31,32). The highest BCUT2D eigenvalue weighted by molar-refractivity contribution is 7.99. The number of nitrogens with zero attached hydrogens (tertiary/aromatic N) is 2. The van der Waals surface area contributed by atoms with Crippen molar-refractivity contribution in [3.63, 3.8) is 0 Å². The summed E-state index contributed by atoms with van der Waals surface area (Å²) in [7, 11) is 1.65. The zero-order valence-electron chi connectivity index (χ0n) is 20.4. The summed E-state index contributed by atoms with van der Waals surface area (Å²) >= 11 is 1.74. The van der Waals surface area contributed by atoms with Crippen molar-refractivity contribution in [3.05, 3.63) is 83.4 Å². The summed E-state index contributed by atoms with van der Waals surface area (Å²) in [6, 6.07) is 23.4. The second-order valence-electron chi connectivity index (χ2n) is 9.59. The number of imidazole rings is 1. The average molecular weight is 499 g/mol. The maximum Gasteiger partial charge on any atom is 0.237 e. The van der Waals surface area contributed by atoms with Gasteiger partial charge in [0.1, 0.15) is 0 Å². The van der Waals surface area contributed by atoms with Gasteiger partial charge in [-0.2, -0.15) is 0 Å². The number of aromatic nitrogens is 2. The molecular formula is C29H30N4O2S. The van der Waals surface area contributed by atoms with Crippen molar-refractivity contribution in [2.75, 3.05) is 26.8 Å². The van der Waals surface area contributed by atoms with E-state index in [2.05, 4.69) is 57.7 Å². The van der Waals surface area contributed by atoms with Crippen LogP contribution in [0.25, 0.3) is 22.2 Å². The van der Waals surface area contributed by atoms with Gasteiger partial charge in [0.05, 0.1) is 23.7 Å². The fourth-order valence-electron chi connectivity index (χ4n) is 5.46. The van der Waals surface area contributed by atoms with E-state index >= 15 is 0 Å². The molecule has 4 aromatic rings. The van der Waals surface area contributed by atoms with E-state index in [1.54, 1.807) is 18.9 Å². The number of para-hydroxylation sites is 2. The molecule has 1 aromatic heterocycles. The van der Waals surface area contributed by atoms with Crippen LogP contribution in [0, 0.1) is 0 Å². The normalized spacial score (nSPS) is 18.9. The van der Waals surface area contributed by atoms with Crippen molar-refractivity contribution < 1.29 is 9.53 Å². The molecule has 1 aliphatic carbocycles. The third-order valence-electron chi connectivity index (χ3n) is 7.16. The van der Waals surface area contributed by atoms with E-state index in [0.29, 0.717) is 13.2 Å². The predicted molar refractivity (Wildman–Crippen MR) is 144 cm³/mol. The molecule has 1 aliphatic heterocycles. The van der Waals surface area contributed by atoms with Gasteiger partial charge in [0.25, 0.3) is 0 Å². The molecule has 184 valence electrons. The van der Waals surface area contributed by atoms with Crippen LogP contribution in [0.15, 0.2) is 71.9 Å². The van der Waals surface area contributed by atoms with Gasteiger partial charge in [-0.15, -0.1) is 0 Å². The molecule has 2 N–H and O–H groups in total. The zero-order valence-corrected chi connectivity index (χ0v) is 21.2. The van der Waals surface area contributed by atoms with E-state index in [4.69, 9.17) is 9.72 Å². The molecule has 1 saturated heterocycles. The Labute approximate surface area is 215 Å². The van der Waals surface area contributed by atoms with E-state index in [1.807, 2.05) is 24.3 Å². The molecule has 2 atom stereocenters. The SMILES string of the molecule is COCCNC(=O)C1CC(Sc2nc3ccccc3[nH]2)CN1Cc1ccc2c(c1)Cc1ccccc1-2. The second kappa shape index (κ2) is 10.1. The lowest BCUT2D eigenvalue weighted by Gasteiger charge is -2.24. The number of H-pyrrole nitrogens is 1. The molecule has 1 fully saturated rings. The first-order valence-electron chi connectivity index (χ1n) is 12.5. The summed E-state index contributed by atoms with van der Waals surface area (Å²) in [6.45, 7) is 2.63. The Bertz CT molecular complexity index is 1370. The van der Waals surface area contributed by atoms with Crippen molar-refractivity contribution in [2.24, 2.45) is 0 Å². The molecule has 3 aromatic carbocycles. The van der Waals surface area contributed by atoms with Gasteiger partial charge in [-0.25, -0.2) is 4.98 Å². The number of hydrogen-bond donors (Lipinski definition) is 2. The van der Waals surface area contributed by atoms with Crippen molar-refractivity contribution in [1.82, 2.24) is 20.2 Å². The van der Waals surface area contributed by atoms with Gasteiger partial charge in [-0.05, 0) is 52.8 Å². The maximum atomic E-state index is 13.2. The Kier molecular flexibility index (Phi) is 6.52. The Balaban J connectivity index is 1.20. The van der Waals surface area contributed by atoms with Gasteiger partial charge in [-0.3, -0.25) is 9.69 Å². The number of nitrogens with one attached hydrogen (secondary N) is 2. The van der Waals surface area contributed by atoms with E-state index in [1.165, 1.54) is 27.8 Å². The first kappa shape index (κ1) is 23.3. The number of benzene rings is 3. The van der Waals surface area contributed by atoms with Crippen LogP contribution in [0.5, 0.6) is 0 Å². The number of carbonyl (C=O) groups is 1.